The Kier molecular flexibility index (Phi) is 4.16. The van der Waals surface area contributed by atoms with E-state index in [-0.39, 0.29) is 17.7 Å². The van der Waals surface area contributed by atoms with E-state index in [1.807, 2.05) is 60.0 Å². The van der Waals surface area contributed by atoms with Gasteiger partial charge in [-0.1, -0.05) is 24.3 Å². The Balaban J connectivity index is 1.46. The number of pyridine rings is 1. The number of hydrogen-bond acceptors (Lipinski definition) is 3. The van der Waals surface area contributed by atoms with Crippen LogP contribution in [0.5, 0.6) is 0 Å². The molecule has 1 aromatic carbocycles. The normalized spacial score (nSPS) is 16.2. The number of fused-ring (bicyclic) bond motifs is 2. The first-order valence-electron chi connectivity index (χ1n) is 8.70. The molecular weight excluding hydrogens is 328 g/mol. The third kappa shape index (κ3) is 3.06. The molecule has 0 bridgehead atoms. The van der Waals surface area contributed by atoms with Crippen LogP contribution in [0.2, 0.25) is 0 Å². The second-order valence-corrected chi connectivity index (χ2v) is 6.59. The molecule has 2 N–H and O–H groups in total. The average molecular weight is 348 g/mol. The molecule has 2 amide bonds. The Morgan fingerprint density at radius 3 is 2.96 bits per heavy atom. The van der Waals surface area contributed by atoms with Gasteiger partial charge in [0.2, 0.25) is 11.8 Å². The van der Waals surface area contributed by atoms with Gasteiger partial charge in [-0.15, -0.1) is 0 Å². The molecule has 1 aliphatic heterocycles. The maximum Gasteiger partial charge on any atom is 0.225 e. The molecule has 0 fully saturated rings. The number of carbonyl (C=O) groups is 2. The van der Waals surface area contributed by atoms with E-state index < -0.39 is 0 Å². The number of benzene rings is 1. The van der Waals surface area contributed by atoms with Crippen molar-refractivity contribution >= 4 is 23.1 Å². The number of nitrogens with zero attached hydrogens (tertiary/aromatic N) is 2. The lowest BCUT2D eigenvalue weighted by Gasteiger charge is -2.25. The summed E-state index contributed by atoms with van der Waals surface area (Å²) in [6.45, 7) is 2.35. The van der Waals surface area contributed by atoms with E-state index in [1.54, 1.807) is 0 Å². The molecular formula is C20H20N4O2. The Hall–Kier alpha value is -3.15. The quantitative estimate of drug-likeness (QED) is 0.761. The van der Waals surface area contributed by atoms with Crippen molar-refractivity contribution in [3.63, 3.8) is 0 Å². The van der Waals surface area contributed by atoms with E-state index in [0.29, 0.717) is 19.4 Å². The van der Waals surface area contributed by atoms with E-state index in [2.05, 4.69) is 15.6 Å². The van der Waals surface area contributed by atoms with E-state index >= 15 is 0 Å². The predicted octanol–water partition coefficient (Wildman–Crippen LogP) is 2.78. The largest absolute Gasteiger partial charge is 0.350 e. The van der Waals surface area contributed by atoms with Gasteiger partial charge in [0.25, 0.3) is 0 Å². The lowest BCUT2D eigenvalue weighted by molar-refractivity contribution is -0.122. The molecule has 26 heavy (non-hydrogen) atoms. The Morgan fingerprint density at radius 2 is 2.08 bits per heavy atom. The first-order chi connectivity index (χ1) is 12.6. The molecule has 3 aromatic rings. The zero-order valence-corrected chi connectivity index (χ0v) is 14.5. The minimum Gasteiger partial charge on any atom is -0.350 e. The minimum absolute atomic E-state index is 0.0425. The third-order valence-electron chi connectivity index (χ3n) is 4.82. The number of anilines is 1. The maximum atomic E-state index is 12.5. The van der Waals surface area contributed by atoms with Crippen LogP contribution < -0.4 is 10.6 Å². The molecule has 132 valence electrons. The van der Waals surface area contributed by atoms with Crippen molar-refractivity contribution in [2.24, 2.45) is 0 Å². The Labute approximate surface area is 151 Å². The summed E-state index contributed by atoms with van der Waals surface area (Å²) < 4.78 is 1.99. The van der Waals surface area contributed by atoms with Crippen molar-refractivity contribution < 1.29 is 9.59 Å². The number of para-hydroxylation sites is 1. The zero-order chi connectivity index (χ0) is 18.1. The third-order valence-corrected chi connectivity index (χ3v) is 4.82. The summed E-state index contributed by atoms with van der Waals surface area (Å²) in [5, 5.41) is 5.84. The van der Waals surface area contributed by atoms with Crippen molar-refractivity contribution in [3.8, 4) is 0 Å². The molecule has 2 aromatic heterocycles. The summed E-state index contributed by atoms with van der Waals surface area (Å²) in [6, 6.07) is 13.5. The van der Waals surface area contributed by atoms with Crippen LogP contribution in [0.25, 0.3) is 5.65 Å². The molecule has 0 aliphatic carbocycles. The first-order valence-corrected chi connectivity index (χ1v) is 8.70. The fraction of sp³-hybridized carbons (Fsp3) is 0.250. The molecule has 0 saturated heterocycles. The molecule has 6 nitrogen and oxygen atoms in total. The molecule has 3 heterocycles. The van der Waals surface area contributed by atoms with E-state index in [1.165, 1.54) is 0 Å². The van der Waals surface area contributed by atoms with Crippen LogP contribution in [0.15, 0.2) is 48.7 Å². The number of nitrogens with one attached hydrogen (secondary N) is 2. The number of hydrogen-bond donors (Lipinski definition) is 2. The molecule has 0 saturated carbocycles. The summed E-state index contributed by atoms with van der Waals surface area (Å²) in [7, 11) is 0. The SMILES string of the molecule is Cc1nc2ccccn2c1CNC(=O)CC1CC(=O)Nc2ccccc21. The highest BCUT2D eigenvalue weighted by atomic mass is 16.2. The lowest BCUT2D eigenvalue weighted by atomic mass is 9.88. The van der Waals surface area contributed by atoms with Gasteiger partial charge in [-0.3, -0.25) is 9.59 Å². The van der Waals surface area contributed by atoms with Gasteiger partial charge in [-0.25, -0.2) is 4.98 Å². The van der Waals surface area contributed by atoms with Gasteiger partial charge in [-0.2, -0.15) is 0 Å². The molecule has 0 radical (unpaired) electrons. The van der Waals surface area contributed by atoms with Crippen LogP contribution in [0.4, 0.5) is 5.69 Å². The number of amides is 2. The molecule has 1 aliphatic rings. The van der Waals surface area contributed by atoms with Gasteiger partial charge >= 0.3 is 0 Å². The Morgan fingerprint density at radius 1 is 1.27 bits per heavy atom. The summed E-state index contributed by atoms with van der Waals surface area (Å²) in [5.41, 5.74) is 4.56. The summed E-state index contributed by atoms with van der Waals surface area (Å²) >= 11 is 0. The van der Waals surface area contributed by atoms with Crippen LogP contribution in [-0.4, -0.2) is 21.2 Å². The second-order valence-electron chi connectivity index (χ2n) is 6.59. The van der Waals surface area contributed by atoms with Gasteiger partial charge < -0.3 is 15.0 Å². The zero-order valence-electron chi connectivity index (χ0n) is 14.5. The molecule has 1 atom stereocenters. The molecule has 0 spiro atoms. The van der Waals surface area contributed by atoms with Crippen LogP contribution in [0, 0.1) is 6.92 Å². The van der Waals surface area contributed by atoms with Crippen molar-refractivity contribution in [2.75, 3.05) is 5.32 Å². The predicted molar refractivity (Wildman–Crippen MR) is 98.8 cm³/mol. The highest BCUT2D eigenvalue weighted by Crippen LogP contribution is 2.34. The van der Waals surface area contributed by atoms with E-state index in [4.69, 9.17) is 0 Å². The summed E-state index contributed by atoms with van der Waals surface area (Å²) in [4.78, 5) is 28.9. The summed E-state index contributed by atoms with van der Waals surface area (Å²) in [5.74, 6) is -0.202. The topological polar surface area (TPSA) is 75.5 Å². The van der Waals surface area contributed by atoms with Crippen LogP contribution in [0.1, 0.15) is 35.7 Å². The second kappa shape index (κ2) is 6.63. The number of carbonyl (C=O) groups excluding carboxylic acids is 2. The van der Waals surface area contributed by atoms with Gasteiger partial charge in [0.1, 0.15) is 5.65 Å². The van der Waals surface area contributed by atoms with Crippen molar-refractivity contribution in [2.45, 2.75) is 32.2 Å². The van der Waals surface area contributed by atoms with Crippen LogP contribution >= 0.6 is 0 Å². The monoisotopic (exact) mass is 348 g/mol. The Bertz CT molecular complexity index is 992. The number of imidazole rings is 1. The fourth-order valence-corrected chi connectivity index (χ4v) is 3.54. The van der Waals surface area contributed by atoms with Gasteiger partial charge in [0.15, 0.2) is 0 Å². The van der Waals surface area contributed by atoms with Crippen LogP contribution in [-0.2, 0) is 16.1 Å². The molecule has 1 unspecified atom stereocenters. The number of aryl methyl sites for hydroxylation is 1. The standard InChI is InChI=1S/C20H20N4O2/c1-13-17(24-9-5-4-8-18(24)22-13)12-21-19(25)10-14-11-20(26)23-16-7-3-2-6-15(14)16/h2-9,14H,10-12H2,1H3,(H,21,25)(H,23,26). The molecule has 4 rings (SSSR count). The van der Waals surface area contributed by atoms with E-state index in [0.717, 1.165) is 28.3 Å². The average Bonchev–Trinajstić information content (AvgIpc) is 2.95. The molecule has 6 heteroatoms. The highest BCUT2D eigenvalue weighted by Gasteiger charge is 2.26. The van der Waals surface area contributed by atoms with Gasteiger partial charge in [-0.05, 0) is 30.7 Å². The maximum absolute atomic E-state index is 12.5. The van der Waals surface area contributed by atoms with Crippen LogP contribution in [0.3, 0.4) is 0 Å². The summed E-state index contributed by atoms with van der Waals surface area (Å²) in [6.07, 6.45) is 2.57. The van der Waals surface area contributed by atoms with E-state index in [9.17, 15) is 9.59 Å². The first kappa shape index (κ1) is 16.3. The van der Waals surface area contributed by atoms with Crippen molar-refractivity contribution in [1.29, 1.82) is 0 Å². The minimum atomic E-state index is -0.0942. The van der Waals surface area contributed by atoms with Gasteiger partial charge in [0.05, 0.1) is 17.9 Å². The fourth-order valence-electron chi connectivity index (χ4n) is 3.54. The number of rotatable bonds is 4. The van der Waals surface area contributed by atoms with Crippen molar-refractivity contribution in [1.82, 2.24) is 14.7 Å². The van der Waals surface area contributed by atoms with Crippen molar-refractivity contribution in [3.05, 3.63) is 65.6 Å². The number of aromatic nitrogens is 2. The highest BCUT2D eigenvalue weighted by molar-refractivity contribution is 5.95. The van der Waals surface area contributed by atoms with Gasteiger partial charge in [0, 0.05) is 30.6 Å². The smallest absolute Gasteiger partial charge is 0.225 e. The lowest BCUT2D eigenvalue weighted by Crippen LogP contribution is -2.29.